The van der Waals surface area contributed by atoms with Crippen LogP contribution in [0.1, 0.15) is 32.3 Å². The maximum atomic E-state index is 11.9. The van der Waals surface area contributed by atoms with Crippen molar-refractivity contribution in [1.82, 2.24) is 4.90 Å². The fourth-order valence-corrected chi connectivity index (χ4v) is 2.79. The van der Waals surface area contributed by atoms with Crippen molar-refractivity contribution in [2.75, 3.05) is 13.1 Å². The molecule has 2 atom stereocenters. The highest BCUT2D eigenvalue weighted by molar-refractivity contribution is 5.81. The van der Waals surface area contributed by atoms with E-state index >= 15 is 0 Å². The van der Waals surface area contributed by atoms with Crippen LogP contribution in [-0.2, 0) is 11.2 Å². The molecular formula is C16H24N2O. The third-order valence-corrected chi connectivity index (χ3v) is 4.12. The number of rotatable bonds is 4. The average molecular weight is 260 g/mol. The highest BCUT2D eigenvalue weighted by Crippen LogP contribution is 2.34. The minimum atomic E-state index is -0.378. The van der Waals surface area contributed by atoms with E-state index in [0.717, 1.165) is 32.4 Å². The summed E-state index contributed by atoms with van der Waals surface area (Å²) < 4.78 is 0. The van der Waals surface area contributed by atoms with Gasteiger partial charge in [-0.1, -0.05) is 37.3 Å². The summed E-state index contributed by atoms with van der Waals surface area (Å²) in [6.45, 7) is 5.75. The lowest BCUT2D eigenvalue weighted by molar-refractivity contribution is -0.131. The number of hydrogen-bond donors (Lipinski definition) is 1. The number of nitrogens with two attached hydrogens (primary N) is 1. The molecule has 0 bridgehead atoms. The average Bonchev–Trinajstić information content (AvgIpc) is 2.80. The molecule has 1 saturated heterocycles. The van der Waals surface area contributed by atoms with Gasteiger partial charge in [0.25, 0.3) is 0 Å². The fourth-order valence-electron chi connectivity index (χ4n) is 2.79. The molecule has 0 aliphatic carbocycles. The highest BCUT2D eigenvalue weighted by atomic mass is 16.2. The molecule has 1 fully saturated rings. The molecule has 1 heterocycles. The second-order valence-electron chi connectivity index (χ2n) is 6.09. The number of hydrogen-bond acceptors (Lipinski definition) is 2. The van der Waals surface area contributed by atoms with E-state index in [9.17, 15) is 4.79 Å². The Kier molecular flexibility index (Phi) is 4.25. The molecular weight excluding hydrogens is 236 g/mol. The lowest BCUT2D eigenvalue weighted by Crippen LogP contribution is -2.41. The summed E-state index contributed by atoms with van der Waals surface area (Å²) in [6, 6.07) is 10.2. The molecule has 1 unspecified atom stereocenters. The van der Waals surface area contributed by atoms with Crippen LogP contribution in [0.25, 0.3) is 0 Å². The summed E-state index contributed by atoms with van der Waals surface area (Å²) >= 11 is 0. The van der Waals surface area contributed by atoms with E-state index in [0.29, 0.717) is 0 Å². The van der Waals surface area contributed by atoms with Gasteiger partial charge in [-0.2, -0.15) is 0 Å². The molecule has 2 N–H and O–H groups in total. The zero-order valence-corrected chi connectivity index (χ0v) is 11.9. The Morgan fingerprint density at radius 3 is 2.74 bits per heavy atom. The third-order valence-electron chi connectivity index (χ3n) is 4.12. The van der Waals surface area contributed by atoms with Crippen LogP contribution < -0.4 is 5.73 Å². The van der Waals surface area contributed by atoms with Crippen molar-refractivity contribution < 1.29 is 4.79 Å². The Balaban J connectivity index is 1.89. The number of carbonyl (C=O) groups excluding carboxylic acids is 1. The van der Waals surface area contributed by atoms with Crippen LogP contribution in [0.3, 0.4) is 0 Å². The van der Waals surface area contributed by atoms with E-state index in [-0.39, 0.29) is 17.4 Å². The monoisotopic (exact) mass is 260 g/mol. The molecule has 0 spiro atoms. The molecule has 1 aromatic rings. The SMILES string of the molecule is C[C@H](N)C(=O)N1CCC(C)(CCc2ccccc2)C1. The zero-order valence-electron chi connectivity index (χ0n) is 11.9. The smallest absolute Gasteiger partial charge is 0.239 e. The van der Waals surface area contributed by atoms with E-state index in [4.69, 9.17) is 5.73 Å². The Morgan fingerprint density at radius 1 is 1.42 bits per heavy atom. The van der Waals surface area contributed by atoms with Crippen LogP contribution in [-0.4, -0.2) is 29.9 Å². The molecule has 1 aliphatic rings. The quantitative estimate of drug-likeness (QED) is 0.902. The number of amides is 1. The second-order valence-corrected chi connectivity index (χ2v) is 6.09. The first-order chi connectivity index (χ1) is 9.00. The van der Waals surface area contributed by atoms with E-state index in [1.54, 1.807) is 6.92 Å². The van der Waals surface area contributed by atoms with Crippen LogP contribution in [0.5, 0.6) is 0 Å². The highest BCUT2D eigenvalue weighted by Gasteiger charge is 2.36. The third kappa shape index (κ3) is 3.57. The molecule has 1 aliphatic heterocycles. The number of nitrogens with zero attached hydrogens (tertiary/aromatic N) is 1. The number of benzene rings is 1. The van der Waals surface area contributed by atoms with Gasteiger partial charge < -0.3 is 10.6 Å². The van der Waals surface area contributed by atoms with Gasteiger partial charge in [-0.15, -0.1) is 0 Å². The maximum absolute atomic E-state index is 11.9. The molecule has 1 aromatic carbocycles. The van der Waals surface area contributed by atoms with Crippen molar-refractivity contribution >= 4 is 5.91 Å². The summed E-state index contributed by atoms with van der Waals surface area (Å²) in [7, 11) is 0. The molecule has 0 saturated carbocycles. The first-order valence-electron chi connectivity index (χ1n) is 7.08. The summed E-state index contributed by atoms with van der Waals surface area (Å²) in [4.78, 5) is 13.8. The maximum Gasteiger partial charge on any atom is 0.239 e. The Morgan fingerprint density at radius 2 is 2.11 bits per heavy atom. The van der Waals surface area contributed by atoms with Crippen molar-refractivity contribution in [3.63, 3.8) is 0 Å². The molecule has 3 heteroatoms. The summed E-state index contributed by atoms with van der Waals surface area (Å²) in [5.41, 5.74) is 7.29. The normalized spacial score (nSPS) is 24.5. The minimum Gasteiger partial charge on any atom is -0.341 e. The molecule has 0 aromatic heterocycles. The van der Waals surface area contributed by atoms with Gasteiger partial charge in [0, 0.05) is 13.1 Å². The van der Waals surface area contributed by atoms with Crippen molar-refractivity contribution in [2.24, 2.45) is 11.1 Å². The number of carbonyl (C=O) groups is 1. The predicted molar refractivity (Wildman–Crippen MR) is 77.7 cm³/mol. The van der Waals surface area contributed by atoms with Crippen molar-refractivity contribution in [2.45, 2.75) is 39.2 Å². The van der Waals surface area contributed by atoms with Crippen LogP contribution >= 0.6 is 0 Å². The van der Waals surface area contributed by atoms with Gasteiger partial charge in [-0.3, -0.25) is 4.79 Å². The first-order valence-corrected chi connectivity index (χ1v) is 7.08. The first kappa shape index (κ1) is 14.1. The van der Waals surface area contributed by atoms with Gasteiger partial charge >= 0.3 is 0 Å². The lowest BCUT2D eigenvalue weighted by Gasteiger charge is -2.25. The molecule has 2 rings (SSSR count). The molecule has 1 amide bonds. The van der Waals surface area contributed by atoms with Crippen LogP contribution in [0.15, 0.2) is 30.3 Å². The van der Waals surface area contributed by atoms with Gasteiger partial charge in [-0.05, 0) is 37.2 Å². The van der Waals surface area contributed by atoms with E-state index < -0.39 is 0 Å². The molecule has 104 valence electrons. The van der Waals surface area contributed by atoms with Gasteiger partial charge in [-0.25, -0.2) is 0 Å². The van der Waals surface area contributed by atoms with Crippen molar-refractivity contribution in [3.05, 3.63) is 35.9 Å². The number of likely N-dealkylation sites (tertiary alicyclic amines) is 1. The fraction of sp³-hybridized carbons (Fsp3) is 0.562. The zero-order chi connectivity index (χ0) is 13.9. The summed E-state index contributed by atoms with van der Waals surface area (Å²) in [5, 5.41) is 0. The van der Waals surface area contributed by atoms with Gasteiger partial charge in [0.2, 0.25) is 5.91 Å². The van der Waals surface area contributed by atoms with Gasteiger partial charge in [0.15, 0.2) is 0 Å². The standard InChI is InChI=1S/C16H24N2O/c1-13(17)15(19)18-11-10-16(2,12-18)9-8-14-6-4-3-5-7-14/h3-7,13H,8-12,17H2,1-2H3/t13-,16?/m0/s1. The summed E-state index contributed by atoms with van der Waals surface area (Å²) in [5.74, 6) is 0.0865. The van der Waals surface area contributed by atoms with Crippen molar-refractivity contribution in [1.29, 1.82) is 0 Å². The van der Waals surface area contributed by atoms with Crippen LogP contribution in [0.2, 0.25) is 0 Å². The Bertz CT molecular complexity index is 430. The molecule has 3 nitrogen and oxygen atoms in total. The molecule has 0 radical (unpaired) electrons. The minimum absolute atomic E-state index is 0.0865. The van der Waals surface area contributed by atoms with Crippen LogP contribution in [0, 0.1) is 5.41 Å². The summed E-state index contributed by atoms with van der Waals surface area (Å²) in [6.07, 6.45) is 3.29. The Hall–Kier alpha value is -1.35. The van der Waals surface area contributed by atoms with Gasteiger partial charge in [0.1, 0.15) is 0 Å². The lowest BCUT2D eigenvalue weighted by atomic mass is 9.83. The van der Waals surface area contributed by atoms with E-state index in [1.165, 1.54) is 5.56 Å². The van der Waals surface area contributed by atoms with E-state index in [1.807, 2.05) is 11.0 Å². The van der Waals surface area contributed by atoms with Gasteiger partial charge in [0.05, 0.1) is 6.04 Å². The van der Waals surface area contributed by atoms with E-state index in [2.05, 4.69) is 31.2 Å². The topological polar surface area (TPSA) is 46.3 Å². The van der Waals surface area contributed by atoms with Crippen LogP contribution in [0.4, 0.5) is 0 Å². The Labute approximate surface area is 115 Å². The predicted octanol–water partition coefficient (Wildman–Crippen LogP) is 2.21. The van der Waals surface area contributed by atoms with Crippen molar-refractivity contribution in [3.8, 4) is 0 Å². The largest absolute Gasteiger partial charge is 0.341 e. The molecule has 19 heavy (non-hydrogen) atoms. The second kappa shape index (κ2) is 5.74. The number of aryl methyl sites for hydroxylation is 1.